The zero-order valence-corrected chi connectivity index (χ0v) is 62.3. The summed E-state index contributed by atoms with van der Waals surface area (Å²) in [5.41, 5.74) is 0. The third-order valence-electron chi connectivity index (χ3n) is 17.2. The number of carbonyl (C=O) groups excluding carboxylic acids is 4. The number of ether oxygens (including phenoxy) is 4. The summed E-state index contributed by atoms with van der Waals surface area (Å²) in [6.07, 6.45) is 52.8. The van der Waals surface area contributed by atoms with E-state index in [1.54, 1.807) is 0 Å². The van der Waals surface area contributed by atoms with Gasteiger partial charge in [-0.15, -0.1) is 0 Å². The van der Waals surface area contributed by atoms with Crippen molar-refractivity contribution >= 4 is 39.5 Å². The molecule has 0 fully saturated rings. The zero-order chi connectivity index (χ0) is 68.6. The van der Waals surface area contributed by atoms with Gasteiger partial charge in [0.1, 0.15) is 19.3 Å². The molecule has 3 N–H and O–H groups in total. The molecule has 0 aliphatic carbocycles. The molecule has 0 saturated carbocycles. The molecule has 5 atom stereocenters. The van der Waals surface area contributed by atoms with E-state index >= 15 is 0 Å². The summed E-state index contributed by atoms with van der Waals surface area (Å²) >= 11 is 0. The van der Waals surface area contributed by atoms with Gasteiger partial charge < -0.3 is 33.8 Å². The van der Waals surface area contributed by atoms with Crippen LogP contribution in [-0.2, 0) is 65.4 Å². The summed E-state index contributed by atoms with van der Waals surface area (Å²) in [5.74, 6) is -0.581. The number of rotatable bonds is 73. The molecule has 19 heteroatoms. The summed E-state index contributed by atoms with van der Waals surface area (Å²) in [6, 6.07) is 0. The standard InChI is InChI=1S/C74H144O17P2/c1-7-9-11-13-15-17-18-19-21-25-28-33-39-45-51-57-72(77)85-63-70(90-73(78)58-52-46-40-34-29-26-23-20-22-24-27-31-36-42-48-54-66(3)4)65-89-93(82,83)87-61-68(75)60-86-92(80,81)88-64-69(62-84-71(76)56-50-44-38-16-14-12-10-8-2)91-74(79)59-53-47-41-35-30-32-37-43-49-55-67(5)6/h66-70,75H,7-65H2,1-6H3,(H,80,81)(H,82,83)/t68-,69+,70+/m0/s1. The van der Waals surface area contributed by atoms with Crippen LogP contribution in [-0.4, -0.2) is 96.7 Å². The maximum atomic E-state index is 13.1. The van der Waals surface area contributed by atoms with Crippen LogP contribution in [0.3, 0.4) is 0 Å². The van der Waals surface area contributed by atoms with Gasteiger partial charge in [-0.1, -0.05) is 330 Å². The molecule has 0 aromatic carbocycles. The summed E-state index contributed by atoms with van der Waals surface area (Å²) < 4.78 is 68.4. The Bertz CT molecular complexity index is 1800. The number of esters is 4. The molecule has 0 radical (unpaired) electrons. The SMILES string of the molecule is CCCCCCCCCCCCCCCCCC(=O)OC[C@H](COP(=O)(O)OC[C@@H](O)COP(=O)(O)OC[C@@H](COC(=O)CCCCCCCCCC)OC(=O)CCCCCCCCCCCC(C)C)OC(=O)CCCCCCCCCCCCCCCCCC(C)C. The quantitative estimate of drug-likeness (QED) is 0.0222. The number of carbonyl (C=O) groups is 4. The van der Waals surface area contributed by atoms with Crippen LogP contribution in [0.5, 0.6) is 0 Å². The fraction of sp³-hybridized carbons (Fsp3) is 0.946. The van der Waals surface area contributed by atoms with Gasteiger partial charge in [0.2, 0.25) is 0 Å². The van der Waals surface area contributed by atoms with E-state index in [4.69, 9.17) is 37.0 Å². The number of phosphoric ester groups is 2. The zero-order valence-electron chi connectivity index (χ0n) is 60.6. The normalized spacial score (nSPS) is 14.1. The lowest BCUT2D eigenvalue weighted by molar-refractivity contribution is -0.161. The predicted molar refractivity (Wildman–Crippen MR) is 377 cm³/mol. The largest absolute Gasteiger partial charge is 0.472 e. The highest BCUT2D eigenvalue weighted by Crippen LogP contribution is 2.45. The van der Waals surface area contributed by atoms with Crippen molar-refractivity contribution in [2.75, 3.05) is 39.6 Å². The van der Waals surface area contributed by atoms with Crippen molar-refractivity contribution in [3.8, 4) is 0 Å². The number of phosphoric acid groups is 2. The molecule has 0 aliphatic heterocycles. The van der Waals surface area contributed by atoms with Gasteiger partial charge in [0.05, 0.1) is 26.4 Å². The number of unbranched alkanes of at least 4 members (excludes halogenated alkanes) is 43. The second-order valence-electron chi connectivity index (χ2n) is 27.6. The Hall–Kier alpha value is -1.94. The van der Waals surface area contributed by atoms with Crippen molar-refractivity contribution in [3.05, 3.63) is 0 Å². The highest BCUT2D eigenvalue weighted by molar-refractivity contribution is 7.47. The number of hydrogen-bond donors (Lipinski definition) is 3. The minimum atomic E-state index is -4.95. The Morgan fingerprint density at radius 2 is 0.495 bits per heavy atom. The van der Waals surface area contributed by atoms with Crippen molar-refractivity contribution in [1.82, 2.24) is 0 Å². The molecule has 0 amide bonds. The lowest BCUT2D eigenvalue weighted by Gasteiger charge is -2.21. The molecule has 0 heterocycles. The van der Waals surface area contributed by atoms with Crippen molar-refractivity contribution in [2.45, 2.75) is 400 Å². The van der Waals surface area contributed by atoms with E-state index in [1.807, 2.05) is 0 Å². The Balaban J connectivity index is 5.21. The van der Waals surface area contributed by atoms with Crippen molar-refractivity contribution in [2.24, 2.45) is 11.8 Å². The predicted octanol–water partition coefficient (Wildman–Crippen LogP) is 21.6. The third-order valence-corrected chi connectivity index (χ3v) is 19.1. The maximum Gasteiger partial charge on any atom is 0.472 e. The lowest BCUT2D eigenvalue weighted by Crippen LogP contribution is -2.30. The van der Waals surface area contributed by atoms with Crippen LogP contribution < -0.4 is 0 Å². The average molecular weight is 1370 g/mol. The van der Waals surface area contributed by atoms with Crippen LogP contribution in [0.15, 0.2) is 0 Å². The van der Waals surface area contributed by atoms with E-state index in [9.17, 15) is 43.2 Å². The first kappa shape index (κ1) is 91.1. The van der Waals surface area contributed by atoms with E-state index in [2.05, 4.69) is 41.5 Å². The third kappa shape index (κ3) is 68.4. The molecule has 0 bridgehead atoms. The second-order valence-corrected chi connectivity index (χ2v) is 30.5. The molecule has 0 aliphatic rings. The highest BCUT2D eigenvalue weighted by Gasteiger charge is 2.30. The fourth-order valence-electron chi connectivity index (χ4n) is 11.3. The second kappa shape index (κ2) is 66.0. The van der Waals surface area contributed by atoms with Gasteiger partial charge in [-0.05, 0) is 37.5 Å². The lowest BCUT2D eigenvalue weighted by atomic mass is 10.0. The molecule has 0 spiro atoms. The highest BCUT2D eigenvalue weighted by atomic mass is 31.2. The number of hydrogen-bond acceptors (Lipinski definition) is 15. The minimum Gasteiger partial charge on any atom is -0.462 e. The van der Waals surface area contributed by atoms with E-state index < -0.39 is 97.5 Å². The summed E-state index contributed by atoms with van der Waals surface area (Å²) in [5, 5.41) is 10.6. The molecule has 2 unspecified atom stereocenters. The van der Waals surface area contributed by atoms with Crippen LogP contribution in [0.1, 0.15) is 382 Å². The van der Waals surface area contributed by atoms with Gasteiger partial charge in [-0.3, -0.25) is 37.3 Å². The minimum absolute atomic E-state index is 0.105. The Kier molecular flexibility index (Phi) is 64.6. The van der Waals surface area contributed by atoms with Crippen LogP contribution in [0.25, 0.3) is 0 Å². The van der Waals surface area contributed by atoms with Crippen molar-refractivity contribution in [3.63, 3.8) is 0 Å². The Labute approximate surface area is 568 Å². The molecule has 0 aromatic rings. The molecular weight excluding hydrogens is 1220 g/mol. The van der Waals surface area contributed by atoms with E-state index in [0.717, 1.165) is 108 Å². The van der Waals surface area contributed by atoms with Gasteiger partial charge in [0, 0.05) is 25.7 Å². The summed E-state index contributed by atoms with van der Waals surface area (Å²) in [4.78, 5) is 72.6. The smallest absolute Gasteiger partial charge is 0.462 e. The molecule has 93 heavy (non-hydrogen) atoms. The number of aliphatic hydroxyl groups is 1. The first-order chi connectivity index (χ1) is 44.9. The molecule has 0 aromatic heterocycles. The summed E-state index contributed by atoms with van der Waals surface area (Å²) in [7, 11) is -9.90. The molecule has 0 rings (SSSR count). The Morgan fingerprint density at radius 1 is 0.290 bits per heavy atom. The van der Waals surface area contributed by atoms with Gasteiger partial charge in [0.15, 0.2) is 12.2 Å². The topological polar surface area (TPSA) is 237 Å². The average Bonchev–Trinajstić information content (AvgIpc) is 1.54. The Morgan fingerprint density at radius 3 is 0.731 bits per heavy atom. The first-order valence-electron chi connectivity index (χ1n) is 38.5. The van der Waals surface area contributed by atoms with Crippen LogP contribution in [0.2, 0.25) is 0 Å². The first-order valence-corrected chi connectivity index (χ1v) is 41.5. The maximum absolute atomic E-state index is 13.1. The van der Waals surface area contributed by atoms with Crippen LogP contribution >= 0.6 is 15.6 Å². The fourth-order valence-corrected chi connectivity index (χ4v) is 12.9. The van der Waals surface area contributed by atoms with Crippen LogP contribution in [0.4, 0.5) is 0 Å². The van der Waals surface area contributed by atoms with Gasteiger partial charge in [-0.2, -0.15) is 0 Å². The number of aliphatic hydroxyl groups excluding tert-OH is 1. The van der Waals surface area contributed by atoms with Gasteiger partial charge in [-0.25, -0.2) is 9.13 Å². The van der Waals surface area contributed by atoms with Gasteiger partial charge in [0.25, 0.3) is 0 Å². The van der Waals surface area contributed by atoms with E-state index in [1.165, 1.54) is 193 Å². The monoisotopic (exact) mass is 1370 g/mol. The van der Waals surface area contributed by atoms with E-state index in [-0.39, 0.29) is 25.7 Å². The molecular formula is C74H144O17P2. The summed E-state index contributed by atoms with van der Waals surface area (Å²) in [6.45, 7) is 9.56. The van der Waals surface area contributed by atoms with Crippen LogP contribution in [0, 0.1) is 11.8 Å². The van der Waals surface area contributed by atoms with Crippen molar-refractivity contribution < 1.29 is 80.2 Å². The molecule has 17 nitrogen and oxygen atoms in total. The van der Waals surface area contributed by atoms with Gasteiger partial charge >= 0.3 is 39.5 Å². The molecule has 0 saturated heterocycles. The van der Waals surface area contributed by atoms with Crippen molar-refractivity contribution in [1.29, 1.82) is 0 Å². The molecule has 552 valence electrons. The van der Waals surface area contributed by atoms with E-state index in [0.29, 0.717) is 25.7 Å².